The van der Waals surface area contributed by atoms with Crippen LogP contribution in [0.3, 0.4) is 0 Å². The standard InChI is InChI=1S/C23H25N3O4/c1-23(21(28)24-16(14-27)11-15-7-3-2-4-8-15)12-18-17-9-5-6-10-19(17)25-20(18)13-26(23)22(29)30/h2-10,16,25,27H,11-14H2,1H3,(H,24,28)(H,29,30)/t16?,23-/m0/s1. The summed E-state index contributed by atoms with van der Waals surface area (Å²) < 4.78 is 0. The number of nitrogens with zero attached hydrogens (tertiary/aromatic N) is 1. The molecule has 1 aliphatic rings. The highest BCUT2D eigenvalue weighted by Crippen LogP contribution is 2.35. The summed E-state index contributed by atoms with van der Waals surface area (Å²) in [6.45, 7) is 1.52. The number of aliphatic hydroxyl groups excluding tert-OH is 1. The van der Waals surface area contributed by atoms with Gasteiger partial charge in [-0.05, 0) is 30.5 Å². The maximum atomic E-state index is 13.3. The predicted octanol–water partition coefficient (Wildman–Crippen LogP) is 2.68. The van der Waals surface area contributed by atoms with Crippen molar-refractivity contribution >= 4 is 22.9 Å². The maximum Gasteiger partial charge on any atom is 0.408 e. The van der Waals surface area contributed by atoms with Gasteiger partial charge in [0, 0.05) is 23.0 Å². The molecule has 4 rings (SSSR count). The van der Waals surface area contributed by atoms with Gasteiger partial charge in [-0.25, -0.2) is 4.79 Å². The Labute approximate surface area is 174 Å². The zero-order chi connectivity index (χ0) is 21.3. The van der Waals surface area contributed by atoms with E-state index in [9.17, 15) is 19.8 Å². The summed E-state index contributed by atoms with van der Waals surface area (Å²) >= 11 is 0. The highest BCUT2D eigenvalue weighted by Gasteiger charge is 2.47. The number of hydrogen-bond acceptors (Lipinski definition) is 3. The van der Waals surface area contributed by atoms with Crippen LogP contribution in [0.25, 0.3) is 10.9 Å². The van der Waals surface area contributed by atoms with Crippen molar-refractivity contribution in [2.24, 2.45) is 0 Å². The second kappa shape index (κ2) is 7.84. The maximum absolute atomic E-state index is 13.3. The van der Waals surface area contributed by atoms with Crippen molar-refractivity contribution in [2.75, 3.05) is 6.61 Å². The minimum atomic E-state index is -1.28. The van der Waals surface area contributed by atoms with Crippen LogP contribution >= 0.6 is 0 Å². The third kappa shape index (κ3) is 3.52. The molecule has 156 valence electrons. The molecule has 2 amide bonds. The normalized spacial score (nSPS) is 19.3. The number of fused-ring (bicyclic) bond motifs is 3. The summed E-state index contributed by atoms with van der Waals surface area (Å²) in [5.41, 5.74) is 2.40. The van der Waals surface area contributed by atoms with Gasteiger partial charge < -0.3 is 20.5 Å². The van der Waals surface area contributed by atoms with Crippen LogP contribution in [0.2, 0.25) is 0 Å². The van der Waals surface area contributed by atoms with E-state index in [1.807, 2.05) is 54.6 Å². The molecule has 0 saturated heterocycles. The van der Waals surface area contributed by atoms with Crippen molar-refractivity contribution in [3.8, 4) is 0 Å². The third-order valence-corrected chi connectivity index (χ3v) is 5.94. The zero-order valence-corrected chi connectivity index (χ0v) is 16.8. The third-order valence-electron chi connectivity index (χ3n) is 5.94. The Balaban J connectivity index is 1.62. The Kier molecular flexibility index (Phi) is 5.22. The van der Waals surface area contributed by atoms with Crippen LogP contribution in [0.4, 0.5) is 4.79 Å². The number of aliphatic hydroxyl groups is 1. The highest BCUT2D eigenvalue weighted by molar-refractivity contribution is 5.93. The van der Waals surface area contributed by atoms with Gasteiger partial charge in [-0.15, -0.1) is 0 Å². The summed E-state index contributed by atoms with van der Waals surface area (Å²) in [4.78, 5) is 29.8. The molecule has 2 atom stereocenters. The first-order valence-electron chi connectivity index (χ1n) is 9.97. The number of nitrogens with one attached hydrogen (secondary N) is 2. The molecule has 2 heterocycles. The number of carbonyl (C=O) groups excluding carboxylic acids is 1. The summed E-state index contributed by atoms with van der Waals surface area (Å²) in [5, 5.41) is 23.5. The number of aromatic nitrogens is 1. The number of amides is 2. The molecular formula is C23H25N3O4. The molecule has 0 aliphatic carbocycles. The molecule has 1 aromatic heterocycles. The van der Waals surface area contributed by atoms with E-state index in [0.717, 1.165) is 27.7 Å². The fourth-order valence-corrected chi connectivity index (χ4v) is 4.25. The SMILES string of the molecule is C[C@@]1(C(=O)NC(CO)Cc2ccccc2)Cc2c([nH]c3ccccc23)CN1C(=O)O. The largest absolute Gasteiger partial charge is 0.465 e. The smallest absolute Gasteiger partial charge is 0.408 e. The van der Waals surface area contributed by atoms with Crippen molar-refractivity contribution in [1.29, 1.82) is 0 Å². The van der Waals surface area contributed by atoms with Gasteiger partial charge >= 0.3 is 6.09 Å². The van der Waals surface area contributed by atoms with Gasteiger partial charge in [-0.2, -0.15) is 0 Å². The van der Waals surface area contributed by atoms with Crippen molar-refractivity contribution in [2.45, 2.75) is 37.9 Å². The molecule has 1 aliphatic heterocycles. The summed E-state index contributed by atoms with van der Waals surface area (Å²) in [6.07, 6.45) is -0.431. The number of hydrogen-bond donors (Lipinski definition) is 4. The Bertz CT molecular complexity index is 1080. The number of para-hydroxylation sites is 1. The van der Waals surface area contributed by atoms with E-state index in [1.165, 1.54) is 4.90 Å². The molecule has 0 fully saturated rings. The first-order chi connectivity index (χ1) is 14.4. The average Bonchev–Trinajstić information content (AvgIpc) is 3.10. The first-order valence-corrected chi connectivity index (χ1v) is 9.97. The molecule has 2 aromatic carbocycles. The van der Waals surface area contributed by atoms with Gasteiger partial charge in [0.05, 0.1) is 19.2 Å². The second-order valence-corrected chi connectivity index (χ2v) is 7.99. The van der Waals surface area contributed by atoms with E-state index in [1.54, 1.807) is 6.92 Å². The van der Waals surface area contributed by atoms with Crippen molar-refractivity contribution in [3.05, 3.63) is 71.4 Å². The fraction of sp³-hybridized carbons (Fsp3) is 0.304. The van der Waals surface area contributed by atoms with E-state index in [0.29, 0.717) is 6.42 Å². The van der Waals surface area contributed by atoms with Gasteiger partial charge in [0.2, 0.25) is 5.91 Å². The Morgan fingerprint density at radius 2 is 1.87 bits per heavy atom. The van der Waals surface area contributed by atoms with Gasteiger partial charge in [0.1, 0.15) is 5.54 Å². The van der Waals surface area contributed by atoms with Crippen LogP contribution in [0, 0.1) is 0 Å². The van der Waals surface area contributed by atoms with E-state index >= 15 is 0 Å². The van der Waals surface area contributed by atoms with Crippen LogP contribution in [-0.2, 0) is 24.2 Å². The van der Waals surface area contributed by atoms with Crippen molar-refractivity contribution < 1.29 is 19.8 Å². The number of rotatable bonds is 5. The van der Waals surface area contributed by atoms with E-state index in [-0.39, 0.29) is 19.6 Å². The average molecular weight is 407 g/mol. The monoisotopic (exact) mass is 407 g/mol. The topological polar surface area (TPSA) is 106 Å². The summed E-state index contributed by atoms with van der Waals surface area (Å²) in [7, 11) is 0. The van der Waals surface area contributed by atoms with E-state index in [2.05, 4.69) is 10.3 Å². The lowest BCUT2D eigenvalue weighted by Crippen LogP contribution is -2.63. The quantitative estimate of drug-likeness (QED) is 0.522. The molecule has 0 bridgehead atoms. The van der Waals surface area contributed by atoms with E-state index < -0.39 is 23.6 Å². The molecule has 0 spiro atoms. The van der Waals surface area contributed by atoms with Gasteiger partial charge in [-0.1, -0.05) is 48.5 Å². The van der Waals surface area contributed by atoms with Crippen molar-refractivity contribution in [1.82, 2.24) is 15.2 Å². The molecular weight excluding hydrogens is 382 g/mol. The van der Waals surface area contributed by atoms with Crippen LogP contribution in [0.5, 0.6) is 0 Å². The van der Waals surface area contributed by atoms with Crippen LogP contribution in [-0.4, -0.2) is 50.3 Å². The van der Waals surface area contributed by atoms with Crippen molar-refractivity contribution in [3.63, 3.8) is 0 Å². The number of H-pyrrole nitrogens is 1. The first kappa shape index (κ1) is 20.0. The van der Waals surface area contributed by atoms with E-state index in [4.69, 9.17) is 0 Å². The minimum absolute atomic E-state index is 0.103. The molecule has 1 unspecified atom stereocenters. The molecule has 3 aromatic rings. The Morgan fingerprint density at radius 1 is 1.17 bits per heavy atom. The molecule has 7 nitrogen and oxygen atoms in total. The van der Waals surface area contributed by atoms with Gasteiger partial charge in [0.25, 0.3) is 0 Å². The number of benzene rings is 2. The van der Waals surface area contributed by atoms with Crippen LogP contribution in [0.15, 0.2) is 54.6 Å². The lowest BCUT2D eigenvalue weighted by atomic mass is 9.84. The number of aromatic amines is 1. The summed E-state index contributed by atoms with van der Waals surface area (Å²) in [5.74, 6) is -0.407. The Hall–Kier alpha value is -3.32. The lowest BCUT2D eigenvalue weighted by molar-refractivity contribution is -0.133. The minimum Gasteiger partial charge on any atom is -0.465 e. The highest BCUT2D eigenvalue weighted by atomic mass is 16.4. The lowest BCUT2D eigenvalue weighted by Gasteiger charge is -2.42. The van der Waals surface area contributed by atoms with Crippen LogP contribution in [0.1, 0.15) is 23.7 Å². The predicted molar refractivity (Wildman–Crippen MR) is 113 cm³/mol. The second-order valence-electron chi connectivity index (χ2n) is 7.99. The number of carboxylic acid groups (broad SMARTS) is 1. The molecule has 0 radical (unpaired) electrons. The van der Waals surface area contributed by atoms with Crippen LogP contribution < -0.4 is 5.32 Å². The van der Waals surface area contributed by atoms with Gasteiger partial charge in [0.15, 0.2) is 0 Å². The Morgan fingerprint density at radius 3 is 2.57 bits per heavy atom. The van der Waals surface area contributed by atoms with Gasteiger partial charge in [-0.3, -0.25) is 9.69 Å². The molecule has 4 N–H and O–H groups in total. The summed E-state index contributed by atoms with van der Waals surface area (Å²) in [6, 6.07) is 16.8. The number of carbonyl (C=O) groups is 2. The molecule has 0 saturated carbocycles. The molecule has 30 heavy (non-hydrogen) atoms. The fourth-order valence-electron chi connectivity index (χ4n) is 4.25. The molecule has 7 heteroatoms. The zero-order valence-electron chi connectivity index (χ0n) is 16.8.